The number of carbonyl (C=O) groups excluding carboxylic acids is 1. The van der Waals surface area contributed by atoms with Crippen molar-refractivity contribution in [2.24, 2.45) is 5.92 Å². The SMILES string of the molecule is Cc1cc(NC(=O)C2c3ccccc3C3CC2C3)cnc1C. The molecule has 0 aliphatic heterocycles. The number of nitrogens with one attached hydrogen (secondary N) is 1. The van der Waals surface area contributed by atoms with Crippen LogP contribution in [0.3, 0.4) is 0 Å². The summed E-state index contributed by atoms with van der Waals surface area (Å²) in [4.78, 5) is 17.2. The Bertz CT molecular complexity index is 747. The molecule has 1 N–H and O–H groups in total. The summed E-state index contributed by atoms with van der Waals surface area (Å²) in [5.41, 5.74) is 5.51. The minimum atomic E-state index is -0.0113. The molecule has 5 rings (SSSR count). The molecule has 2 bridgehead atoms. The molecule has 0 saturated heterocycles. The molecule has 3 heteroatoms. The molecular weight excluding hydrogens is 272 g/mol. The first-order valence-electron chi connectivity index (χ1n) is 7.96. The van der Waals surface area contributed by atoms with Crippen molar-refractivity contribution < 1.29 is 4.79 Å². The van der Waals surface area contributed by atoms with Crippen LogP contribution in [0, 0.1) is 19.8 Å². The van der Waals surface area contributed by atoms with Gasteiger partial charge in [-0.25, -0.2) is 0 Å². The van der Waals surface area contributed by atoms with Gasteiger partial charge in [0.1, 0.15) is 0 Å². The maximum atomic E-state index is 12.8. The lowest BCUT2D eigenvalue weighted by atomic mass is 9.57. The highest BCUT2D eigenvalue weighted by Gasteiger charge is 2.46. The highest BCUT2D eigenvalue weighted by atomic mass is 16.1. The van der Waals surface area contributed by atoms with Gasteiger partial charge >= 0.3 is 0 Å². The summed E-state index contributed by atoms with van der Waals surface area (Å²) in [6, 6.07) is 10.4. The zero-order valence-electron chi connectivity index (χ0n) is 13.0. The van der Waals surface area contributed by atoms with E-state index in [-0.39, 0.29) is 11.8 Å². The molecule has 0 radical (unpaired) electrons. The number of aromatic nitrogens is 1. The third-order valence-electron chi connectivity index (χ3n) is 5.31. The van der Waals surface area contributed by atoms with Crippen molar-refractivity contribution in [3.05, 3.63) is 58.9 Å². The van der Waals surface area contributed by atoms with Crippen molar-refractivity contribution in [3.63, 3.8) is 0 Å². The number of nitrogens with zero attached hydrogens (tertiary/aromatic N) is 1. The molecule has 1 aromatic carbocycles. The van der Waals surface area contributed by atoms with Crippen LogP contribution in [-0.4, -0.2) is 10.9 Å². The third kappa shape index (κ3) is 2.04. The van der Waals surface area contributed by atoms with E-state index in [1.807, 2.05) is 26.0 Å². The van der Waals surface area contributed by atoms with E-state index in [0.717, 1.165) is 29.8 Å². The molecule has 3 nitrogen and oxygen atoms in total. The molecule has 1 saturated carbocycles. The number of aryl methyl sites for hydroxylation is 2. The zero-order chi connectivity index (χ0) is 15.3. The standard InChI is InChI=1S/C19H20N2O/c1-11-7-15(10-20-12(11)2)21-19(22)18-14-8-13(9-14)16-5-3-4-6-17(16)18/h3-7,10,13-14,18H,8-9H2,1-2H3,(H,21,22). The largest absolute Gasteiger partial charge is 0.324 e. The van der Waals surface area contributed by atoms with Crippen molar-refractivity contribution in [1.82, 2.24) is 4.98 Å². The number of hydrogen-bond acceptors (Lipinski definition) is 2. The molecular formula is C19H20N2O. The first kappa shape index (κ1) is 13.5. The van der Waals surface area contributed by atoms with Gasteiger partial charge in [-0.2, -0.15) is 0 Å². The van der Waals surface area contributed by atoms with Crippen molar-refractivity contribution in [2.75, 3.05) is 5.32 Å². The van der Waals surface area contributed by atoms with Gasteiger partial charge in [-0.1, -0.05) is 24.3 Å². The Morgan fingerprint density at radius 3 is 2.64 bits per heavy atom. The molecule has 1 aromatic heterocycles. The fraction of sp³-hybridized carbons (Fsp3) is 0.368. The Kier molecular flexibility index (Phi) is 3.03. The second kappa shape index (κ2) is 4.94. The van der Waals surface area contributed by atoms with E-state index < -0.39 is 0 Å². The second-order valence-corrected chi connectivity index (χ2v) is 6.65. The number of carbonyl (C=O) groups is 1. The molecule has 2 aromatic rings. The third-order valence-corrected chi connectivity index (χ3v) is 5.31. The summed E-state index contributed by atoms with van der Waals surface area (Å²) in [6.45, 7) is 4.00. The van der Waals surface area contributed by atoms with Crippen molar-refractivity contribution >= 4 is 11.6 Å². The summed E-state index contributed by atoms with van der Waals surface area (Å²) in [7, 11) is 0. The van der Waals surface area contributed by atoms with Crippen molar-refractivity contribution in [1.29, 1.82) is 0 Å². The van der Waals surface area contributed by atoms with E-state index in [4.69, 9.17) is 0 Å². The van der Waals surface area contributed by atoms with Crippen LogP contribution in [0.4, 0.5) is 5.69 Å². The predicted molar refractivity (Wildman–Crippen MR) is 87.0 cm³/mol. The van der Waals surface area contributed by atoms with Crippen LogP contribution in [0.15, 0.2) is 36.5 Å². The van der Waals surface area contributed by atoms with Gasteiger partial charge in [-0.3, -0.25) is 9.78 Å². The number of hydrogen-bond donors (Lipinski definition) is 1. The van der Waals surface area contributed by atoms with Crippen LogP contribution in [-0.2, 0) is 4.79 Å². The van der Waals surface area contributed by atoms with E-state index in [2.05, 4.69) is 28.5 Å². The average molecular weight is 292 g/mol. The van der Waals surface area contributed by atoms with E-state index >= 15 is 0 Å². The minimum Gasteiger partial charge on any atom is -0.324 e. The van der Waals surface area contributed by atoms with Crippen LogP contribution in [0.25, 0.3) is 0 Å². The number of benzene rings is 1. The first-order chi connectivity index (χ1) is 10.6. The molecule has 112 valence electrons. The van der Waals surface area contributed by atoms with Gasteiger partial charge in [0.15, 0.2) is 0 Å². The van der Waals surface area contributed by atoms with E-state index in [1.165, 1.54) is 11.1 Å². The number of pyridine rings is 1. The maximum Gasteiger partial charge on any atom is 0.232 e. The number of anilines is 1. The van der Waals surface area contributed by atoms with E-state index in [9.17, 15) is 4.79 Å². The van der Waals surface area contributed by atoms with Crippen LogP contribution in [0.1, 0.15) is 47.1 Å². The molecule has 3 aliphatic rings. The predicted octanol–water partition coefficient (Wildman–Crippen LogP) is 3.93. The molecule has 0 spiro atoms. The quantitative estimate of drug-likeness (QED) is 0.911. The molecule has 1 heterocycles. The van der Waals surface area contributed by atoms with Gasteiger partial charge in [0.2, 0.25) is 5.91 Å². The molecule has 1 atom stereocenters. The normalized spacial score (nSPS) is 25.1. The Morgan fingerprint density at radius 1 is 1.18 bits per heavy atom. The molecule has 22 heavy (non-hydrogen) atoms. The Balaban J connectivity index is 1.62. The Morgan fingerprint density at radius 2 is 1.91 bits per heavy atom. The lowest BCUT2D eigenvalue weighted by Crippen LogP contribution is -2.40. The molecule has 1 unspecified atom stereocenters. The van der Waals surface area contributed by atoms with Crippen molar-refractivity contribution in [3.8, 4) is 0 Å². The Hall–Kier alpha value is -2.16. The molecule has 1 fully saturated rings. The summed E-state index contributed by atoms with van der Waals surface area (Å²) in [5, 5.41) is 3.07. The lowest BCUT2D eigenvalue weighted by molar-refractivity contribution is -0.120. The average Bonchev–Trinajstić information content (AvgIpc) is 2.48. The van der Waals surface area contributed by atoms with E-state index in [0.29, 0.717) is 11.8 Å². The lowest BCUT2D eigenvalue weighted by Gasteiger charge is -2.47. The highest BCUT2D eigenvalue weighted by Crippen LogP contribution is 2.55. The Labute approximate surface area is 130 Å². The fourth-order valence-electron chi connectivity index (χ4n) is 3.89. The molecule has 3 aliphatic carbocycles. The maximum absolute atomic E-state index is 12.8. The van der Waals surface area contributed by atoms with Gasteiger partial charge in [-0.05, 0) is 61.3 Å². The number of amides is 1. The summed E-state index contributed by atoms with van der Waals surface area (Å²) in [5.74, 6) is 1.27. The second-order valence-electron chi connectivity index (χ2n) is 6.65. The number of rotatable bonds is 2. The van der Waals surface area contributed by atoms with Crippen LogP contribution in [0.2, 0.25) is 0 Å². The van der Waals surface area contributed by atoms with Gasteiger partial charge in [0.25, 0.3) is 0 Å². The summed E-state index contributed by atoms with van der Waals surface area (Å²) < 4.78 is 0. The zero-order valence-corrected chi connectivity index (χ0v) is 13.0. The monoisotopic (exact) mass is 292 g/mol. The van der Waals surface area contributed by atoms with Crippen molar-refractivity contribution in [2.45, 2.75) is 38.5 Å². The van der Waals surface area contributed by atoms with Crippen LogP contribution >= 0.6 is 0 Å². The van der Waals surface area contributed by atoms with Gasteiger partial charge in [-0.15, -0.1) is 0 Å². The van der Waals surface area contributed by atoms with Crippen LogP contribution in [0.5, 0.6) is 0 Å². The van der Waals surface area contributed by atoms with Gasteiger partial charge < -0.3 is 5.32 Å². The van der Waals surface area contributed by atoms with E-state index in [1.54, 1.807) is 6.20 Å². The molecule has 1 amide bonds. The minimum absolute atomic E-state index is 0.0113. The fourth-order valence-corrected chi connectivity index (χ4v) is 3.89. The summed E-state index contributed by atoms with van der Waals surface area (Å²) >= 11 is 0. The summed E-state index contributed by atoms with van der Waals surface area (Å²) in [6.07, 6.45) is 4.05. The smallest absolute Gasteiger partial charge is 0.232 e. The first-order valence-corrected chi connectivity index (χ1v) is 7.96. The topological polar surface area (TPSA) is 42.0 Å². The van der Waals surface area contributed by atoms with Gasteiger partial charge in [0, 0.05) is 5.69 Å². The highest BCUT2D eigenvalue weighted by molar-refractivity contribution is 5.96. The van der Waals surface area contributed by atoms with Gasteiger partial charge in [0.05, 0.1) is 17.8 Å². The van der Waals surface area contributed by atoms with Crippen LogP contribution < -0.4 is 5.32 Å².